The zero-order chi connectivity index (χ0) is 18.8. The normalized spacial score (nSPS) is 19.8. The molecule has 0 aromatic heterocycles. The average Bonchev–Trinajstić information content (AvgIpc) is 3.07. The Morgan fingerprint density at radius 1 is 1.22 bits per heavy atom. The van der Waals surface area contributed by atoms with E-state index < -0.39 is 0 Å². The second-order valence-electron chi connectivity index (χ2n) is 7.67. The second kappa shape index (κ2) is 7.71. The number of rotatable bonds is 4. The molecule has 2 aliphatic heterocycles. The molecule has 27 heavy (non-hydrogen) atoms. The largest absolute Gasteiger partial charge is 0.355 e. The second-order valence-corrected chi connectivity index (χ2v) is 7.67. The quantitative estimate of drug-likeness (QED) is 0.876. The lowest BCUT2D eigenvalue weighted by Gasteiger charge is -2.32. The first-order valence-corrected chi connectivity index (χ1v) is 9.82. The van der Waals surface area contributed by atoms with Gasteiger partial charge in [-0.1, -0.05) is 24.3 Å². The van der Waals surface area contributed by atoms with Crippen LogP contribution in [0.3, 0.4) is 0 Å². The fraction of sp³-hybridized carbons (Fsp3) is 0.409. The Kier molecular flexibility index (Phi) is 5.14. The smallest absolute Gasteiger partial charge is 0.241 e. The maximum absolute atomic E-state index is 13.0. The molecule has 4 rings (SSSR count). The van der Waals surface area contributed by atoms with Crippen molar-refractivity contribution in [3.05, 3.63) is 53.6 Å². The van der Waals surface area contributed by atoms with E-state index in [0.717, 1.165) is 49.7 Å². The van der Waals surface area contributed by atoms with Gasteiger partial charge in [0.25, 0.3) is 0 Å². The minimum absolute atomic E-state index is 0.205. The van der Waals surface area contributed by atoms with Crippen LogP contribution in [0.5, 0.6) is 0 Å². The van der Waals surface area contributed by atoms with Gasteiger partial charge in [0.1, 0.15) is 0 Å². The summed E-state index contributed by atoms with van der Waals surface area (Å²) in [5.41, 5.74) is 5.65. The van der Waals surface area contributed by atoms with Crippen LogP contribution in [0.15, 0.2) is 42.5 Å². The zero-order valence-corrected chi connectivity index (χ0v) is 16.2. The summed E-state index contributed by atoms with van der Waals surface area (Å²) in [4.78, 5) is 17.2. The van der Waals surface area contributed by atoms with Crippen molar-refractivity contribution in [1.82, 2.24) is 10.2 Å². The van der Waals surface area contributed by atoms with Crippen LogP contribution in [-0.4, -0.2) is 49.6 Å². The summed E-state index contributed by atoms with van der Waals surface area (Å²) in [5, 5.41) is 6.92. The highest BCUT2D eigenvalue weighted by Gasteiger charge is 2.27. The molecule has 0 radical (unpaired) electrons. The van der Waals surface area contributed by atoms with Gasteiger partial charge in [0.15, 0.2) is 0 Å². The predicted molar refractivity (Wildman–Crippen MR) is 111 cm³/mol. The van der Waals surface area contributed by atoms with Crippen LogP contribution in [0.4, 0.5) is 17.1 Å². The predicted octanol–water partition coefficient (Wildman–Crippen LogP) is 2.92. The molecule has 142 valence electrons. The van der Waals surface area contributed by atoms with E-state index in [2.05, 4.69) is 59.7 Å². The minimum atomic E-state index is 0.205. The van der Waals surface area contributed by atoms with Gasteiger partial charge in [0.2, 0.25) is 5.91 Å². The fourth-order valence-electron chi connectivity index (χ4n) is 4.02. The molecule has 0 aliphatic carbocycles. The first-order valence-electron chi connectivity index (χ1n) is 9.82. The van der Waals surface area contributed by atoms with Crippen molar-refractivity contribution in [2.75, 3.05) is 42.9 Å². The molecule has 0 bridgehead atoms. The van der Waals surface area contributed by atoms with Crippen molar-refractivity contribution in [1.29, 1.82) is 0 Å². The number of nitrogens with one attached hydrogen (secondary N) is 2. The van der Waals surface area contributed by atoms with Gasteiger partial charge >= 0.3 is 0 Å². The standard InChI is InChI=1S/C22H28N4O/c1-16-5-3-4-6-20(16)24-19-8-7-18-9-11-26(21(18)13-19)22(27)15-25-12-10-23-17(2)14-25/h3-8,13,17,23-24H,9-12,14-15H2,1-2H3. The Balaban J connectivity index is 1.49. The Hall–Kier alpha value is -2.37. The molecule has 1 fully saturated rings. The molecule has 0 saturated carbocycles. The van der Waals surface area contributed by atoms with Crippen LogP contribution in [0.25, 0.3) is 0 Å². The van der Waals surface area contributed by atoms with Gasteiger partial charge in [-0.15, -0.1) is 0 Å². The monoisotopic (exact) mass is 364 g/mol. The van der Waals surface area contributed by atoms with Crippen LogP contribution in [-0.2, 0) is 11.2 Å². The van der Waals surface area contributed by atoms with E-state index in [-0.39, 0.29) is 5.91 Å². The summed E-state index contributed by atoms with van der Waals surface area (Å²) >= 11 is 0. The number of piperazine rings is 1. The third-order valence-corrected chi connectivity index (χ3v) is 5.52. The molecule has 0 spiro atoms. The molecule has 2 aromatic carbocycles. The summed E-state index contributed by atoms with van der Waals surface area (Å²) in [7, 11) is 0. The molecule has 2 N–H and O–H groups in total. The van der Waals surface area contributed by atoms with Crippen LogP contribution >= 0.6 is 0 Å². The van der Waals surface area contributed by atoms with Crippen LogP contribution in [0.2, 0.25) is 0 Å². The number of carbonyl (C=O) groups excluding carboxylic acids is 1. The number of nitrogens with zero attached hydrogens (tertiary/aromatic N) is 2. The van der Waals surface area contributed by atoms with Gasteiger partial charge in [-0.3, -0.25) is 9.69 Å². The van der Waals surface area contributed by atoms with Crippen LogP contribution in [0, 0.1) is 6.92 Å². The molecule has 1 atom stereocenters. The van der Waals surface area contributed by atoms with Gasteiger partial charge in [0, 0.05) is 49.3 Å². The molecule has 2 aliphatic rings. The topological polar surface area (TPSA) is 47.6 Å². The molecule has 2 heterocycles. The van der Waals surface area contributed by atoms with Gasteiger partial charge < -0.3 is 15.5 Å². The van der Waals surface area contributed by atoms with E-state index in [1.54, 1.807) is 0 Å². The van der Waals surface area contributed by atoms with E-state index in [1.807, 2.05) is 17.0 Å². The summed E-state index contributed by atoms with van der Waals surface area (Å²) in [6, 6.07) is 15.1. The van der Waals surface area contributed by atoms with Crippen molar-refractivity contribution >= 4 is 23.0 Å². The third kappa shape index (κ3) is 3.99. The number of carbonyl (C=O) groups is 1. The molecular weight excluding hydrogens is 336 g/mol. The molecule has 5 heteroatoms. The third-order valence-electron chi connectivity index (χ3n) is 5.52. The van der Waals surface area contributed by atoms with Gasteiger partial charge in [-0.2, -0.15) is 0 Å². The maximum Gasteiger partial charge on any atom is 0.241 e. The number of benzene rings is 2. The number of fused-ring (bicyclic) bond motifs is 1. The number of hydrogen-bond acceptors (Lipinski definition) is 4. The number of amides is 1. The molecule has 1 amide bonds. The molecular formula is C22H28N4O. The van der Waals surface area contributed by atoms with Gasteiger partial charge in [-0.05, 0) is 49.6 Å². The molecule has 5 nitrogen and oxygen atoms in total. The Labute approximate surface area is 161 Å². The van der Waals surface area contributed by atoms with E-state index in [0.29, 0.717) is 12.6 Å². The van der Waals surface area contributed by atoms with Crippen molar-refractivity contribution in [2.24, 2.45) is 0 Å². The molecule has 1 saturated heterocycles. The van der Waals surface area contributed by atoms with Crippen LogP contribution in [0.1, 0.15) is 18.1 Å². The zero-order valence-electron chi connectivity index (χ0n) is 16.2. The number of para-hydroxylation sites is 1. The van der Waals surface area contributed by atoms with Crippen LogP contribution < -0.4 is 15.5 Å². The van der Waals surface area contributed by atoms with Crippen molar-refractivity contribution in [3.8, 4) is 0 Å². The summed E-state index contributed by atoms with van der Waals surface area (Å²) in [5.74, 6) is 0.205. The first kappa shape index (κ1) is 18.0. The lowest BCUT2D eigenvalue weighted by molar-refractivity contribution is -0.119. The lowest BCUT2D eigenvalue weighted by Crippen LogP contribution is -2.52. The van der Waals surface area contributed by atoms with E-state index >= 15 is 0 Å². The van der Waals surface area contributed by atoms with Gasteiger partial charge in [-0.25, -0.2) is 0 Å². The van der Waals surface area contributed by atoms with Gasteiger partial charge in [0.05, 0.1) is 6.54 Å². The number of anilines is 3. The molecule has 2 aromatic rings. The summed E-state index contributed by atoms with van der Waals surface area (Å²) in [6.07, 6.45) is 0.934. The summed E-state index contributed by atoms with van der Waals surface area (Å²) in [6.45, 7) is 8.37. The maximum atomic E-state index is 13.0. The van der Waals surface area contributed by atoms with E-state index in [9.17, 15) is 4.79 Å². The Morgan fingerprint density at radius 2 is 2.07 bits per heavy atom. The lowest BCUT2D eigenvalue weighted by atomic mass is 10.1. The summed E-state index contributed by atoms with van der Waals surface area (Å²) < 4.78 is 0. The number of aryl methyl sites for hydroxylation is 1. The first-order chi connectivity index (χ1) is 13.1. The van der Waals surface area contributed by atoms with E-state index in [1.165, 1.54) is 11.1 Å². The number of hydrogen-bond donors (Lipinski definition) is 2. The SMILES string of the molecule is Cc1ccccc1Nc1ccc2c(c1)N(C(=O)CN1CCNC(C)C1)CC2. The minimum Gasteiger partial charge on any atom is -0.355 e. The fourth-order valence-corrected chi connectivity index (χ4v) is 4.02. The highest BCUT2D eigenvalue weighted by Crippen LogP contribution is 2.32. The average molecular weight is 364 g/mol. The van der Waals surface area contributed by atoms with Crippen molar-refractivity contribution in [2.45, 2.75) is 26.3 Å². The van der Waals surface area contributed by atoms with Crippen molar-refractivity contribution in [3.63, 3.8) is 0 Å². The highest BCUT2D eigenvalue weighted by atomic mass is 16.2. The van der Waals surface area contributed by atoms with Crippen molar-refractivity contribution < 1.29 is 4.79 Å². The van der Waals surface area contributed by atoms with E-state index in [4.69, 9.17) is 0 Å². The Bertz CT molecular complexity index is 835. The Morgan fingerprint density at radius 3 is 2.89 bits per heavy atom. The molecule has 1 unspecified atom stereocenters. The highest BCUT2D eigenvalue weighted by molar-refractivity contribution is 5.97.